The van der Waals surface area contributed by atoms with Crippen molar-refractivity contribution in [3.05, 3.63) is 18.2 Å². The number of methoxy groups -OCH3 is 1. The number of nitrogens with two attached hydrogens (primary N) is 1. The molecule has 1 unspecified atom stereocenters. The van der Waals surface area contributed by atoms with Crippen LogP contribution in [0.1, 0.15) is 20.3 Å². The lowest BCUT2D eigenvalue weighted by molar-refractivity contribution is 0.0615. The lowest BCUT2D eigenvalue weighted by Gasteiger charge is -2.15. The lowest BCUT2D eigenvalue weighted by atomic mass is 10.2. The van der Waals surface area contributed by atoms with E-state index in [0.29, 0.717) is 31.0 Å². The van der Waals surface area contributed by atoms with Gasteiger partial charge in [-0.05, 0) is 32.4 Å². The maximum absolute atomic E-state index is 9.54. The van der Waals surface area contributed by atoms with Crippen LogP contribution in [0.5, 0.6) is 5.75 Å². The number of hydrogen-bond donors (Lipinski definition) is 3. The Bertz CT molecular complexity index is 383. The molecule has 0 aliphatic rings. The van der Waals surface area contributed by atoms with Crippen molar-refractivity contribution in [1.82, 2.24) is 0 Å². The van der Waals surface area contributed by atoms with Crippen molar-refractivity contribution in [3.8, 4) is 5.75 Å². The Morgan fingerprint density at radius 3 is 2.74 bits per heavy atom. The normalized spacial score (nSPS) is 12.5. The van der Waals surface area contributed by atoms with Gasteiger partial charge in [-0.25, -0.2) is 0 Å². The molecule has 1 rings (SSSR count). The molecule has 4 N–H and O–H groups in total. The lowest BCUT2D eigenvalue weighted by Crippen LogP contribution is -2.18. The van der Waals surface area contributed by atoms with Crippen LogP contribution in [0.3, 0.4) is 0 Å². The van der Waals surface area contributed by atoms with Gasteiger partial charge in [0.15, 0.2) is 0 Å². The summed E-state index contributed by atoms with van der Waals surface area (Å²) in [5.74, 6) is 0.678. The van der Waals surface area contributed by atoms with Crippen molar-refractivity contribution in [3.63, 3.8) is 0 Å². The van der Waals surface area contributed by atoms with Gasteiger partial charge in [0.25, 0.3) is 0 Å². The number of nitrogens with one attached hydrogen (secondary N) is 1. The van der Waals surface area contributed by atoms with Gasteiger partial charge in [-0.2, -0.15) is 0 Å². The van der Waals surface area contributed by atoms with E-state index in [0.717, 1.165) is 5.69 Å². The van der Waals surface area contributed by atoms with Gasteiger partial charge in [0, 0.05) is 25.4 Å². The molecule has 0 fully saturated rings. The molecule has 0 aliphatic carbocycles. The van der Waals surface area contributed by atoms with E-state index >= 15 is 0 Å². The van der Waals surface area contributed by atoms with E-state index in [1.165, 1.54) is 0 Å². The highest BCUT2D eigenvalue weighted by Crippen LogP contribution is 2.26. The van der Waals surface area contributed by atoms with E-state index in [-0.39, 0.29) is 6.10 Å². The largest absolute Gasteiger partial charge is 0.489 e. The zero-order valence-electron chi connectivity index (χ0n) is 11.8. The fraction of sp³-hybridized carbons (Fsp3) is 0.571. The molecule has 0 saturated carbocycles. The molecule has 1 aromatic rings. The first-order chi connectivity index (χ1) is 9.02. The van der Waals surface area contributed by atoms with E-state index in [1.54, 1.807) is 7.11 Å². The van der Waals surface area contributed by atoms with E-state index in [2.05, 4.69) is 5.32 Å². The van der Waals surface area contributed by atoms with E-state index in [9.17, 15) is 5.11 Å². The predicted octanol–water partition coefficient (Wildman–Crippen LogP) is 1.87. The van der Waals surface area contributed by atoms with Gasteiger partial charge in [-0.1, -0.05) is 0 Å². The van der Waals surface area contributed by atoms with Gasteiger partial charge in [-0.15, -0.1) is 0 Å². The molecular weight excluding hydrogens is 244 g/mol. The molecule has 0 saturated heterocycles. The Kier molecular flexibility index (Phi) is 6.45. The minimum Gasteiger partial charge on any atom is -0.489 e. The summed E-state index contributed by atoms with van der Waals surface area (Å²) >= 11 is 0. The first-order valence-electron chi connectivity index (χ1n) is 6.50. The second-order valence-electron chi connectivity index (χ2n) is 4.74. The van der Waals surface area contributed by atoms with Crippen LogP contribution in [0.2, 0.25) is 0 Å². The zero-order chi connectivity index (χ0) is 14.3. The van der Waals surface area contributed by atoms with Gasteiger partial charge in [0.1, 0.15) is 5.75 Å². The maximum atomic E-state index is 9.54. The van der Waals surface area contributed by atoms with Crippen LogP contribution in [0.25, 0.3) is 0 Å². The highest BCUT2D eigenvalue weighted by molar-refractivity contribution is 5.61. The molecule has 0 spiro atoms. The van der Waals surface area contributed by atoms with Crippen LogP contribution < -0.4 is 15.8 Å². The van der Waals surface area contributed by atoms with Crippen molar-refractivity contribution < 1.29 is 14.6 Å². The number of benzene rings is 1. The summed E-state index contributed by atoms with van der Waals surface area (Å²) in [7, 11) is 1.58. The Morgan fingerprint density at radius 1 is 1.37 bits per heavy atom. The van der Waals surface area contributed by atoms with Crippen LogP contribution in [-0.4, -0.2) is 37.6 Å². The fourth-order valence-electron chi connectivity index (χ4n) is 1.66. The van der Waals surface area contributed by atoms with Crippen molar-refractivity contribution in [1.29, 1.82) is 0 Å². The van der Waals surface area contributed by atoms with Crippen molar-refractivity contribution >= 4 is 11.4 Å². The summed E-state index contributed by atoms with van der Waals surface area (Å²) in [6, 6.07) is 5.58. The molecular formula is C14H24N2O3. The van der Waals surface area contributed by atoms with Crippen LogP contribution in [0, 0.1) is 0 Å². The third kappa shape index (κ3) is 5.81. The molecule has 1 aromatic carbocycles. The minimum absolute atomic E-state index is 0.0843. The third-order valence-electron chi connectivity index (χ3n) is 2.54. The highest BCUT2D eigenvalue weighted by Gasteiger charge is 2.06. The van der Waals surface area contributed by atoms with Crippen molar-refractivity contribution in [2.45, 2.75) is 32.5 Å². The summed E-state index contributed by atoms with van der Waals surface area (Å²) in [6.45, 7) is 4.93. The molecule has 19 heavy (non-hydrogen) atoms. The molecule has 1 atom stereocenters. The number of anilines is 2. The first-order valence-corrected chi connectivity index (χ1v) is 6.50. The molecule has 0 aliphatic heterocycles. The van der Waals surface area contributed by atoms with Crippen LogP contribution in [-0.2, 0) is 4.74 Å². The number of ether oxygens (including phenoxy) is 2. The van der Waals surface area contributed by atoms with Gasteiger partial charge in [-0.3, -0.25) is 0 Å². The van der Waals surface area contributed by atoms with Crippen molar-refractivity contribution in [2.75, 3.05) is 31.3 Å². The van der Waals surface area contributed by atoms with Gasteiger partial charge in [0.2, 0.25) is 0 Å². The summed E-state index contributed by atoms with van der Waals surface area (Å²) in [4.78, 5) is 0. The molecule has 0 radical (unpaired) electrons. The Hall–Kier alpha value is -1.46. The third-order valence-corrected chi connectivity index (χ3v) is 2.54. The molecule has 5 nitrogen and oxygen atoms in total. The van der Waals surface area contributed by atoms with Crippen LogP contribution in [0.15, 0.2) is 18.2 Å². The van der Waals surface area contributed by atoms with E-state index in [4.69, 9.17) is 15.2 Å². The number of aliphatic hydroxyl groups is 1. The van der Waals surface area contributed by atoms with E-state index in [1.807, 2.05) is 32.0 Å². The molecule has 108 valence electrons. The minimum atomic E-state index is -0.447. The number of rotatable bonds is 8. The SMILES string of the molecule is COCC(O)CCNc1ccc(N)c(OC(C)C)c1. The van der Waals surface area contributed by atoms with Crippen LogP contribution >= 0.6 is 0 Å². The molecule has 0 bridgehead atoms. The molecule has 0 aromatic heterocycles. The standard InChI is InChI=1S/C14H24N2O3/c1-10(2)19-14-8-11(4-5-13(14)15)16-7-6-12(17)9-18-3/h4-5,8,10,12,16-17H,6-7,9,15H2,1-3H3. The number of nitrogen functional groups attached to an aromatic ring is 1. The van der Waals surface area contributed by atoms with Crippen molar-refractivity contribution in [2.24, 2.45) is 0 Å². The summed E-state index contributed by atoms with van der Waals surface area (Å²) < 4.78 is 10.5. The summed E-state index contributed by atoms with van der Waals surface area (Å²) in [5, 5.41) is 12.8. The average Bonchev–Trinajstić information content (AvgIpc) is 2.33. The summed E-state index contributed by atoms with van der Waals surface area (Å²) in [5.41, 5.74) is 7.39. The van der Waals surface area contributed by atoms with Gasteiger partial charge in [0.05, 0.1) is 24.5 Å². The Labute approximate surface area is 114 Å². The molecule has 5 heteroatoms. The van der Waals surface area contributed by atoms with Gasteiger partial charge < -0.3 is 25.6 Å². The topological polar surface area (TPSA) is 76.7 Å². The number of hydrogen-bond acceptors (Lipinski definition) is 5. The number of aliphatic hydroxyl groups excluding tert-OH is 1. The fourth-order valence-corrected chi connectivity index (χ4v) is 1.66. The second-order valence-corrected chi connectivity index (χ2v) is 4.74. The predicted molar refractivity (Wildman–Crippen MR) is 77.6 cm³/mol. The highest BCUT2D eigenvalue weighted by atomic mass is 16.5. The maximum Gasteiger partial charge on any atom is 0.144 e. The monoisotopic (exact) mass is 268 g/mol. The molecule has 0 heterocycles. The zero-order valence-corrected chi connectivity index (χ0v) is 11.8. The smallest absolute Gasteiger partial charge is 0.144 e. The van der Waals surface area contributed by atoms with Gasteiger partial charge >= 0.3 is 0 Å². The second kappa shape index (κ2) is 7.86. The van der Waals surface area contributed by atoms with Crippen LogP contribution in [0.4, 0.5) is 11.4 Å². The Morgan fingerprint density at radius 2 is 2.11 bits per heavy atom. The average molecular weight is 268 g/mol. The Balaban J connectivity index is 2.50. The summed E-state index contributed by atoms with van der Waals surface area (Å²) in [6.07, 6.45) is 0.261. The van der Waals surface area contributed by atoms with E-state index < -0.39 is 6.10 Å². The quantitative estimate of drug-likeness (QED) is 0.627. The first kappa shape index (κ1) is 15.6. The molecule has 0 amide bonds.